The normalized spacial score (nSPS) is 11.9. The van der Waals surface area contributed by atoms with Gasteiger partial charge in [0.1, 0.15) is 10.9 Å². The van der Waals surface area contributed by atoms with Crippen LogP contribution in [0.5, 0.6) is 5.75 Å². The molecule has 0 saturated carbocycles. The van der Waals surface area contributed by atoms with E-state index in [4.69, 9.17) is 11.6 Å². The third-order valence-electron chi connectivity index (χ3n) is 3.06. The molecule has 3 rings (SSSR count). The number of alkyl halides is 3. The van der Waals surface area contributed by atoms with Gasteiger partial charge in [-0.3, -0.25) is 0 Å². The number of nitrogens with zero attached hydrogens (tertiary/aromatic N) is 2. The number of ether oxygens (including phenoxy) is 1. The first kappa shape index (κ1) is 15.9. The Kier molecular flexibility index (Phi) is 4.11. The third-order valence-corrected chi connectivity index (χ3v) is 3.70. The molecule has 0 aliphatic heterocycles. The van der Waals surface area contributed by atoms with Crippen LogP contribution in [0.2, 0.25) is 5.15 Å². The van der Waals surface area contributed by atoms with E-state index in [0.717, 1.165) is 3.97 Å². The van der Waals surface area contributed by atoms with E-state index in [2.05, 4.69) is 9.72 Å². The van der Waals surface area contributed by atoms with Crippen LogP contribution in [0.1, 0.15) is 0 Å². The number of halogens is 5. The molecule has 0 atom stereocenters. The predicted molar refractivity (Wildman–Crippen MR) is 81.0 cm³/mol. The Labute approximate surface area is 137 Å². The van der Waals surface area contributed by atoms with Crippen molar-refractivity contribution in [3.05, 3.63) is 47.7 Å². The number of para-hydroxylation sites is 1. The molecule has 9 heteroatoms. The summed E-state index contributed by atoms with van der Waals surface area (Å²) in [5.41, 5.74) is 0.739. The van der Waals surface area contributed by atoms with Crippen LogP contribution in [0.15, 0.2) is 42.6 Å². The number of aromatic nitrogens is 2. The second-order valence-corrected chi connectivity index (χ2v) is 5.41. The van der Waals surface area contributed by atoms with E-state index in [9.17, 15) is 17.1 Å². The Bertz CT molecular complexity index is 866. The van der Waals surface area contributed by atoms with Crippen molar-refractivity contribution in [2.24, 2.45) is 0 Å². The van der Waals surface area contributed by atoms with Crippen molar-refractivity contribution < 1.29 is 21.8 Å². The number of hydrogen-bond donors (Lipinski definition) is 0. The van der Waals surface area contributed by atoms with E-state index in [-0.39, 0.29) is 34.4 Å². The highest BCUT2D eigenvalue weighted by Gasteiger charge is 2.32. The van der Waals surface area contributed by atoms with Gasteiger partial charge < -0.3 is 4.74 Å². The van der Waals surface area contributed by atoms with Gasteiger partial charge in [-0.05, 0) is 18.2 Å². The van der Waals surface area contributed by atoms with Crippen molar-refractivity contribution in [1.29, 1.82) is 0 Å². The van der Waals surface area contributed by atoms with Crippen molar-refractivity contribution in [3.63, 3.8) is 0 Å². The van der Waals surface area contributed by atoms with Crippen molar-refractivity contribution in [1.82, 2.24) is 8.96 Å². The fourth-order valence-corrected chi connectivity index (χ4v) is 2.71. The lowest BCUT2D eigenvalue weighted by atomic mass is 10.1. The fraction of sp³-hybridized carbons (Fsp3) is 0.0714. The molecule has 2 heterocycles. The first-order valence-corrected chi connectivity index (χ1v) is 7.26. The van der Waals surface area contributed by atoms with Crippen LogP contribution in [0.3, 0.4) is 0 Å². The lowest BCUT2D eigenvalue weighted by Gasteiger charge is -2.12. The molecule has 3 aromatic rings. The van der Waals surface area contributed by atoms with Gasteiger partial charge in [-0.15, -0.1) is 17.1 Å². The second-order valence-electron chi connectivity index (χ2n) is 4.49. The van der Waals surface area contributed by atoms with E-state index in [1.165, 1.54) is 30.5 Å². The molecule has 0 unspecified atom stereocenters. The average Bonchev–Trinajstić information content (AvgIpc) is 2.84. The van der Waals surface area contributed by atoms with Crippen LogP contribution in [-0.4, -0.2) is 15.3 Å². The molecule has 2 aromatic heterocycles. The minimum absolute atomic E-state index is 0.126. The molecule has 23 heavy (non-hydrogen) atoms. The van der Waals surface area contributed by atoms with Crippen LogP contribution in [0.25, 0.3) is 22.2 Å². The number of hydrogen-bond acceptors (Lipinski definition) is 3. The minimum atomic E-state index is -4.83. The highest BCUT2D eigenvalue weighted by atomic mass is 35.5. The van der Waals surface area contributed by atoms with Gasteiger partial charge in [0, 0.05) is 22.7 Å². The predicted octanol–water partition coefficient (Wildman–Crippen LogP) is 5.64. The highest BCUT2D eigenvalue weighted by molar-refractivity contribution is 7.92. The summed E-state index contributed by atoms with van der Waals surface area (Å²) < 4.78 is 55.9. The summed E-state index contributed by atoms with van der Waals surface area (Å²) in [4.78, 5) is 4.00. The molecule has 0 amide bonds. The van der Waals surface area contributed by atoms with Crippen LogP contribution >= 0.6 is 23.9 Å². The largest absolute Gasteiger partial charge is 0.573 e. The van der Waals surface area contributed by atoms with Gasteiger partial charge in [0.15, 0.2) is 18.0 Å². The molecule has 0 N–H and O–H groups in total. The van der Waals surface area contributed by atoms with Gasteiger partial charge in [-0.1, -0.05) is 29.8 Å². The smallest absolute Gasteiger partial charge is 0.405 e. The first-order chi connectivity index (χ1) is 10.9. The van der Waals surface area contributed by atoms with Gasteiger partial charge in [0.05, 0.1) is 0 Å². The molecule has 120 valence electrons. The maximum absolute atomic E-state index is 13.1. The summed E-state index contributed by atoms with van der Waals surface area (Å²) in [7, 11) is 0. The zero-order chi connectivity index (χ0) is 16.6. The maximum Gasteiger partial charge on any atom is 0.573 e. The summed E-state index contributed by atoms with van der Waals surface area (Å²) in [6.45, 7) is 0. The van der Waals surface area contributed by atoms with Crippen molar-refractivity contribution in [3.8, 4) is 16.9 Å². The zero-order valence-corrected chi connectivity index (χ0v) is 12.7. The molecular formula is C14H7ClF4N2OS. The summed E-state index contributed by atoms with van der Waals surface area (Å²) in [5, 5.41) is 0.607. The molecule has 0 radical (unpaired) electrons. The Morgan fingerprint density at radius 2 is 1.83 bits per heavy atom. The summed E-state index contributed by atoms with van der Waals surface area (Å²) in [6, 6.07) is 8.68. The minimum Gasteiger partial charge on any atom is -0.405 e. The molecule has 0 saturated heterocycles. The molecule has 0 aliphatic rings. The monoisotopic (exact) mass is 362 g/mol. The molecule has 1 aromatic carbocycles. The van der Waals surface area contributed by atoms with Gasteiger partial charge in [-0.25, -0.2) is 8.96 Å². The van der Waals surface area contributed by atoms with E-state index in [1.807, 2.05) is 0 Å². The number of pyridine rings is 1. The molecule has 0 bridgehead atoms. The van der Waals surface area contributed by atoms with Gasteiger partial charge in [0.25, 0.3) is 0 Å². The lowest BCUT2D eigenvalue weighted by molar-refractivity contribution is -0.274. The topological polar surface area (TPSA) is 27.1 Å². The van der Waals surface area contributed by atoms with E-state index >= 15 is 0 Å². The average molecular weight is 363 g/mol. The standard InChI is InChI=1S/C14H7ClF4N2OS/c15-12-6-5-9-10(7-21(23-19)13(9)20-12)8-3-1-2-4-11(8)22-14(16,17)18/h1-7H. The third kappa shape index (κ3) is 3.23. The Balaban J connectivity index is 2.22. The maximum atomic E-state index is 13.1. The molecular weight excluding hydrogens is 356 g/mol. The van der Waals surface area contributed by atoms with E-state index in [1.54, 1.807) is 12.1 Å². The Morgan fingerprint density at radius 1 is 1.09 bits per heavy atom. The summed E-state index contributed by atoms with van der Waals surface area (Å²) in [6.07, 6.45) is -3.48. The van der Waals surface area contributed by atoms with Gasteiger partial charge in [0.2, 0.25) is 0 Å². The first-order valence-electron chi connectivity index (χ1n) is 6.21. The van der Waals surface area contributed by atoms with Crippen molar-refractivity contribution >= 4 is 35.0 Å². The van der Waals surface area contributed by atoms with Crippen LogP contribution in [-0.2, 0) is 0 Å². The zero-order valence-electron chi connectivity index (χ0n) is 11.1. The Hall–Kier alpha value is -1.93. The highest BCUT2D eigenvalue weighted by Crippen LogP contribution is 2.39. The lowest BCUT2D eigenvalue weighted by Crippen LogP contribution is -2.17. The van der Waals surface area contributed by atoms with Crippen LogP contribution < -0.4 is 4.74 Å². The molecule has 0 aliphatic carbocycles. The fourth-order valence-electron chi connectivity index (χ4n) is 2.22. The molecule has 0 fully saturated rings. The molecule has 0 spiro atoms. The van der Waals surface area contributed by atoms with Gasteiger partial charge in [-0.2, -0.15) is 0 Å². The quantitative estimate of drug-likeness (QED) is 0.446. The van der Waals surface area contributed by atoms with E-state index in [0.29, 0.717) is 10.9 Å². The second kappa shape index (κ2) is 5.93. The van der Waals surface area contributed by atoms with E-state index < -0.39 is 6.36 Å². The van der Waals surface area contributed by atoms with Crippen LogP contribution in [0.4, 0.5) is 17.1 Å². The Morgan fingerprint density at radius 3 is 2.52 bits per heavy atom. The SMILES string of the molecule is FSn1cc(-c2ccccc2OC(F)(F)F)c2ccc(Cl)nc21. The summed E-state index contributed by atoms with van der Waals surface area (Å²) >= 11 is 5.67. The summed E-state index contributed by atoms with van der Waals surface area (Å²) in [5.74, 6) is -0.377. The number of fused-ring (bicyclic) bond motifs is 1. The van der Waals surface area contributed by atoms with Crippen molar-refractivity contribution in [2.75, 3.05) is 0 Å². The van der Waals surface area contributed by atoms with Gasteiger partial charge >= 0.3 is 6.36 Å². The van der Waals surface area contributed by atoms with Crippen molar-refractivity contribution in [2.45, 2.75) is 6.36 Å². The molecule has 3 nitrogen and oxygen atoms in total. The number of rotatable bonds is 3. The number of benzene rings is 1. The van der Waals surface area contributed by atoms with Crippen LogP contribution in [0, 0.1) is 0 Å².